The standard InChI is InChI=1S/C18H24FN3O2/c19-15-5-3-13(4-6-15)10-22(16-7-8-16)12-17(23)21-9-1-2-14(11-21)18(20)24/h3-6,14,16H,1-2,7-12H2,(H2,20,24). The molecule has 1 aliphatic heterocycles. The predicted octanol–water partition coefficient (Wildman–Crippen LogP) is 1.51. The first kappa shape index (κ1) is 16.9. The minimum Gasteiger partial charge on any atom is -0.369 e. The molecule has 5 nitrogen and oxygen atoms in total. The topological polar surface area (TPSA) is 66.6 Å². The van der Waals surface area contributed by atoms with Crippen LogP contribution in [0, 0.1) is 11.7 Å². The van der Waals surface area contributed by atoms with Gasteiger partial charge in [0, 0.05) is 25.7 Å². The van der Waals surface area contributed by atoms with E-state index in [0.717, 1.165) is 31.2 Å². The van der Waals surface area contributed by atoms with Gasteiger partial charge in [0.25, 0.3) is 0 Å². The molecule has 3 rings (SSSR count). The van der Waals surface area contributed by atoms with Crippen molar-refractivity contribution in [3.05, 3.63) is 35.6 Å². The van der Waals surface area contributed by atoms with Gasteiger partial charge in [-0.1, -0.05) is 12.1 Å². The van der Waals surface area contributed by atoms with Crippen LogP contribution in [0.1, 0.15) is 31.2 Å². The second-order valence-corrected chi connectivity index (χ2v) is 6.84. The van der Waals surface area contributed by atoms with E-state index in [0.29, 0.717) is 32.2 Å². The van der Waals surface area contributed by atoms with E-state index in [4.69, 9.17) is 5.73 Å². The number of halogens is 1. The second-order valence-electron chi connectivity index (χ2n) is 6.84. The van der Waals surface area contributed by atoms with Gasteiger partial charge in [-0.05, 0) is 43.4 Å². The highest BCUT2D eigenvalue weighted by Crippen LogP contribution is 2.28. The Morgan fingerprint density at radius 3 is 2.54 bits per heavy atom. The monoisotopic (exact) mass is 333 g/mol. The molecular formula is C18H24FN3O2. The summed E-state index contributed by atoms with van der Waals surface area (Å²) in [7, 11) is 0. The van der Waals surface area contributed by atoms with Crippen LogP contribution in [-0.4, -0.2) is 47.3 Å². The first-order chi connectivity index (χ1) is 11.5. The smallest absolute Gasteiger partial charge is 0.236 e. The number of hydrogen-bond donors (Lipinski definition) is 1. The molecule has 2 amide bonds. The zero-order valence-corrected chi connectivity index (χ0v) is 13.8. The Kier molecular flexibility index (Phi) is 5.14. The summed E-state index contributed by atoms with van der Waals surface area (Å²) < 4.78 is 13.0. The van der Waals surface area contributed by atoms with Gasteiger partial charge in [-0.15, -0.1) is 0 Å². The Balaban J connectivity index is 1.59. The van der Waals surface area contributed by atoms with Crippen molar-refractivity contribution >= 4 is 11.8 Å². The number of rotatable bonds is 6. The lowest BCUT2D eigenvalue weighted by Crippen LogP contribution is -2.47. The molecule has 1 saturated heterocycles. The summed E-state index contributed by atoms with van der Waals surface area (Å²) in [5, 5.41) is 0. The molecule has 6 heteroatoms. The molecular weight excluding hydrogens is 309 g/mol. The Hall–Kier alpha value is -1.95. The summed E-state index contributed by atoms with van der Waals surface area (Å²) in [4.78, 5) is 27.9. The van der Waals surface area contributed by atoms with Gasteiger partial charge < -0.3 is 10.6 Å². The normalized spacial score (nSPS) is 21.1. The van der Waals surface area contributed by atoms with Crippen LogP contribution in [0.4, 0.5) is 4.39 Å². The van der Waals surface area contributed by atoms with Crippen LogP contribution in [0.2, 0.25) is 0 Å². The quantitative estimate of drug-likeness (QED) is 0.858. The number of amides is 2. The van der Waals surface area contributed by atoms with Gasteiger partial charge in [0.15, 0.2) is 0 Å². The maximum Gasteiger partial charge on any atom is 0.236 e. The van der Waals surface area contributed by atoms with Crippen LogP contribution < -0.4 is 5.73 Å². The molecule has 2 fully saturated rings. The first-order valence-electron chi connectivity index (χ1n) is 8.58. The summed E-state index contributed by atoms with van der Waals surface area (Å²) in [6.07, 6.45) is 3.78. The predicted molar refractivity (Wildman–Crippen MR) is 88.3 cm³/mol. The number of nitrogens with two attached hydrogens (primary N) is 1. The van der Waals surface area contributed by atoms with Gasteiger partial charge in [-0.3, -0.25) is 14.5 Å². The molecule has 1 saturated carbocycles. The molecule has 2 N–H and O–H groups in total. The van der Waals surface area contributed by atoms with E-state index in [-0.39, 0.29) is 23.5 Å². The van der Waals surface area contributed by atoms with Crippen molar-refractivity contribution in [2.24, 2.45) is 11.7 Å². The highest BCUT2D eigenvalue weighted by molar-refractivity contribution is 5.81. The molecule has 2 aliphatic rings. The van der Waals surface area contributed by atoms with Crippen molar-refractivity contribution in [3.63, 3.8) is 0 Å². The number of likely N-dealkylation sites (tertiary alicyclic amines) is 1. The van der Waals surface area contributed by atoms with Crippen LogP contribution in [0.5, 0.6) is 0 Å². The largest absolute Gasteiger partial charge is 0.369 e. The minimum atomic E-state index is -0.321. The molecule has 1 heterocycles. The number of hydrogen-bond acceptors (Lipinski definition) is 3. The fourth-order valence-corrected chi connectivity index (χ4v) is 3.29. The third kappa shape index (κ3) is 4.32. The van der Waals surface area contributed by atoms with Crippen molar-refractivity contribution < 1.29 is 14.0 Å². The van der Waals surface area contributed by atoms with Gasteiger partial charge in [-0.2, -0.15) is 0 Å². The third-order valence-electron chi connectivity index (χ3n) is 4.88. The molecule has 0 spiro atoms. The van der Waals surface area contributed by atoms with Crippen LogP contribution in [0.15, 0.2) is 24.3 Å². The molecule has 0 bridgehead atoms. The number of nitrogens with zero attached hydrogens (tertiary/aromatic N) is 2. The molecule has 1 unspecified atom stereocenters. The van der Waals surface area contributed by atoms with Gasteiger partial charge in [0.2, 0.25) is 11.8 Å². The Bertz CT molecular complexity index is 601. The van der Waals surface area contributed by atoms with Crippen LogP contribution in [0.3, 0.4) is 0 Å². The van der Waals surface area contributed by atoms with Crippen LogP contribution >= 0.6 is 0 Å². The number of piperidine rings is 1. The lowest BCUT2D eigenvalue weighted by molar-refractivity contribution is -0.136. The van der Waals surface area contributed by atoms with E-state index >= 15 is 0 Å². The van der Waals surface area contributed by atoms with E-state index in [1.807, 2.05) is 0 Å². The van der Waals surface area contributed by atoms with E-state index < -0.39 is 0 Å². The number of carbonyl (C=O) groups excluding carboxylic acids is 2. The highest BCUT2D eigenvalue weighted by Gasteiger charge is 2.33. The van der Waals surface area contributed by atoms with Crippen molar-refractivity contribution in [1.29, 1.82) is 0 Å². The van der Waals surface area contributed by atoms with Crippen LogP contribution in [0.25, 0.3) is 0 Å². The molecule has 0 radical (unpaired) electrons. The third-order valence-corrected chi connectivity index (χ3v) is 4.88. The molecule has 1 aromatic carbocycles. The van der Waals surface area contributed by atoms with Gasteiger partial charge in [-0.25, -0.2) is 4.39 Å². The molecule has 24 heavy (non-hydrogen) atoms. The van der Waals surface area contributed by atoms with Crippen molar-refractivity contribution in [1.82, 2.24) is 9.80 Å². The van der Waals surface area contributed by atoms with Gasteiger partial charge in [0.05, 0.1) is 12.5 Å². The fraction of sp³-hybridized carbons (Fsp3) is 0.556. The first-order valence-corrected chi connectivity index (χ1v) is 8.58. The van der Waals surface area contributed by atoms with E-state index in [9.17, 15) is 14.0 Å². The summed E-state index contributed by atoms with van der Waals surface area (Å²) in [5.74, 6) is -0.749. The van der Waals surface area contributed by atoms with Crippen molar-refractivity contribution in [2.75, 3.05) is 19.6 Å². The molecule has 1 aromatic rings. The maximum atomic E-state index is 13.0. The average molecular weight is 333 g/mol. The second kappa shape index (κ2) is 7.30. The zero-order valence-electron chi connectivity index (χ0n) is 13.8. The maximum absolute atomic E-state index is 13.0. The molecule has 0 aromatic heterocycles. The minimum absolute atomic E-state index is 0.0509. The lowest BCUT2D eigenvalue weighted by atomic mass is 9.97. The fourth-order valence-electron chi connectivity index (χ4n) is 3.29. The van der Waals surface area contributed by atoms with Crippen molar-refractivity contribution in [3.8, 4) is 0 Å². The SMILES string of the molecule is NC(=O)C1CCCN(C(=O)CN(Cc2ccc(F)cc2)C2CC2)C1. The Morgan fingerprint density at radius 2 is 1.92 bits per heavy atom. The van der Waals surface area contributed by atoms with E-state index in [1.54, 1.807) is 17.0 Å². The zero-order chi connectivity index (χ0) is 17.1. The summed E-state index contributed by atoms with van der Waals surface area (Å²) >= 11 is 0. The van der Waals surface area contributed by atoms with Gasteiger partial charge in [0.1, 0.15) is 5.82 Å². The van der Waals surface area contributed by atoms with Crippen molar-refractivity contribution in [2.45, 2.75) is 38.3 Å². The summed E-state index contributed by atoms with van der Waals surface area (Å²) in [6, 6.07) is 6.85. The van der Waals surface area contributed by atoms with E-state index in [1.165, 1.54) is 12.1 Å². The van der Waals surface area contributed by atoms with E-state index in [2.05, 4.69) is 4.90 Å². The summed E-state index contributed by atoms with van der Waals surface area (Å²) in [5.41, 5.74) is 6.39. The highest BCUT2D eigenvalue weighted by atomic mass is 19.1. The molecule has 1 atom stereocenters. The molecule has 130 valence electrons. The Labute approximate surface area is 141 Å². The summed E-state index contributed by atoms with van der Waals surface area (Å²) in [6.45, 7) is 2.11. The number of carbonyl (C=O) groups is 2. The molecule has 1 aliphatic carbocycles. The Morgan fingerprint density at radius 1 is 1.21 bits per heavy atom. The number of primary amides is 1. The van der Waals surface area contributed by atoms with Crippen LogP contribution in [-0.2, 0) is 16.1 Å². The average Bonchev–Trinajstić information content (AvgIpc) is 3.41. The lowest BCUT2D eigenvalue weighted by Gasteiger charge is -2.33. The number of benzene rings is 1. The van der Waals surface area contributed by atoms with Gasteiger partial charge >= 0.3 is 0 Å².